The molecule has 2 rings (SSSR count). The van der Waals surface area contributed by atoms with E-state index in [0.29, 0.717) is 0 Å². The van der Waals surface area contributed by atoms with Crippen LogP contribution in [0.1, 0.15) is 44.2 Å². The summed E-state index contributed by atoms with van der Waals surface area (Å²) in [7, 11) is 1.68. The monoisotopic (exact) mass is 220 g/mol. The molecule has 0 unspecified atom stereocenters. The number of pyridine rings is 1. The molecule has 0 radical (unpaired) electrons. The lowest BCUT2D eigenvalue weighted by Gasteiger charge is -2.28. The molecule has 1 fully saturated rings. The summed E-state index contributed by atoms with van der Waals surface area (Å²) in [5.74, 6) is 0.826. The molecular formula is C13H20N2O. The van der Waals surface area contributed by atoms with Gasteiger partial charge in [0, 0.05) is 6.20 Å². The van der Waals surface area contributed by atoms with Crippen molar-refractivity contribution in [3.63, 3.8) is 0 Å². The third kappa shape index (κ3) is 2.19. The van der Waals surface area contributed by atoms with Crippen molar-refractivity contribution in [3.05, 3.63) is 24.0 Å². The van der Waals surface area contributed by atoms with Crippen LogP contribution in [0, 0.1) is 0 Å². The summed E-state index contributed by atoms with van der Waals surface area (Å²) in [6, 6.07) is 3.84. The van der Waals surface area contributed by atoms with Gasteiger partial charge in [0.1, 0.15) is 11.4 Å². The Labute approximate surface area is 97.0 Å². The highest BCUT2D eigenvalue weighted by molar-refractivity contribution is 5.32. The van der Waals surface area contributed by atoms with Crippen molar-refractivity contribution in [1.82, 2.24) is 4.98 Å². The van der Waals surface area contributed by atoms with Crippen LogP contribution in [0.3, 0.4) is 0 Å². The van der Waals surface area contributed by atoms with Crippen LogP contribution in [0.25, 0.3) is 0 Å². The van der Waals surface area contributed by atoms with E-state index in [9.17, 15) is 0 Å². The van der Waals surface area contributed by atoms with Gasteiger partial charge in [-0.15, -0.1) is 0 Å². The van der Waals surface area contributed by atoms with Gasteiger partial charge < -0.3 is 10.5 Å². The first-order chi connectivity index (χ1) is 7.76. The van der Waals surface area contributed by atoms with Gasteiger partial charge in [-0.05, 0) is 25.0 Å². The fourth-order valence-corrected chi connectivity index (χ4v) is 2.53. The second-order valence-electron chi connectivity index (χ2n) is 4.62. The summed E-state index contributed by atoms with van der Waals surface area (Å²) in [5, 5.41) is 0. The summed E-state index contributed by atoms with van der Waals surface area (Å²) in [5.41, 5.74) is 7.16. The van der Waals surface area contributed by atoms with Gasteiger partial charge >= 0.3 is 0 Å². The van der Waals surface area contributed by atoms with Crippen LogP contribution in [0.15, 0.2) is 18.3 Å². The van der Waals surface area contributed by atoms with Crippen molar-refractivity contribution >= 4 is 0 Å². The van der Waals surface area contributed by atoms with Crippen LogP contribution in [0.4, 0.5) is 0 Å². The number of hydrogen-bond donors (Lipinski definition) is 1. The molecule has 88 valence electrons. The minimum Gasteiger partial charge on any atom is -0.495 e. The lowest BCUT2D eigenvalue weighted by molar-refractivity contribution is 0.338. The number of ether oxygens (including phenoxy) is 1. The zero-order valence-electron chi connectivity index (χ0n) is 9.91. The minimum atomic E-state index is -0.289. The fraction of sp³-hybridized carbons (Fsp3) is 0.615. The zero-order valence-corrected chi connectivity index (χ0v) is 9.91. The number of aromatic nitrogens is 1. The quantitative estimate of drug-likeness (QED) is 0.779. The van der Waals surface area contributed by atoms with Crippen LogP contribution in [0.5, 0.6) is 5.75 Å². The smallest absolute Gasteiger partial charge is 0.142 e. The van der Waals surface area contributed by atoms with Crippen LogP contribution in [-0.4, -0.2) is 12.1 Å². The normalized spacial score (nSPS) is 20.1. The molecule has 0 saturated heterocycles. The van der Waals surface area contributed by atoms with Crippen molar-refractivity contribution in [2.24, 2.45) is 5.73 Å². The molecule has 1 aliphatic rings. The molecule has 0 amide bonds. The van der Waals surface area contributed by atoms with Gasteiger partial charge in [-0.2, -0.15) is 0 Å². The largest absolute Gasteiger partial charge is 0.495 e. The number of methoxy groups -OCH3 is 1. The van der Waals surface area contributed by atoms with E-state index >= 15 is 0 Å². The Balaban J connectivity index is 2.32. The second kappa shape index (κ2) is 4.83. The predicted molar refractivity (Wildman–Crippen MR) is 64.4 cm³/mol. The second-order valence-corrected chi connectivity index (χ2v) is 4.62. The highest BCUT2D eigenvalue weighted by atomic mass is 16.5. The van der Waals surface area contributed by atoms with Gasteiger partial charge in [0.05, 0.1) is 12.6 Å². The van der Waals surface area contributed by atoms with Crippen LogP contribution < -0.4 is 10.5 Å². The van der Waals surface area contributed by atoms with Gasteiger partial charge in [-0.3, -0.25) is 4.98 Å². The van der Waals surface area contributed by atoms with E-state index in [1.54, 1.807) is 13.3 Å². The highest BCUT2D eigenvalue weighted by Gasteiger charge is 2.32. The molecule has 1 saturated carbocycles. The van der Waals surface area contributed by atoms with Crippen LogP contribution >= 0.6 is 0 Å². The molecule has 1 aromatic heterocycles. The molecule has 0 bridgehead atoms. The van der Waals surface area contributed by atoms with Gasteiger partial charge in [0.25, 0.3) is 0 Å². The van der Waals surface area contributed by atoms with Crippen LogP contribution in [-0.2, 0) is 5.54 Å². The molecule has 0 aromatic carbocycles. The third-order valence-electron chi connectivity index (χ3n) is 3.46. The Hall–Kier alpha value is -1.09. The van der Waals surface area contributed by atoms with Crippen molar-refractivity contribution < 1.29 is 4.74 Å². The lowest BCUT2D eigenvalue weighted by Crippen LogP contribution is -2.37. The molecule has 3 heteroatoms. The molecule has 0 atom stereocenters. The van der Waals surface area contributed by atoms with E-state index < -0.39 is 0 Å². The van der Waals surface area contributed by atoms with Crippen molar-refractivity contribution in [3.8, 4) is 5.75 Å². The Morgan fingerprint density at radius 3 is 2.56 bits per heavy atom. The van der Waals surface area contributed by atoms with Gasteiger partial charge in [0.15, 0.2) is 0 Å². The summed E-state index contributed by atoms with van der Waals surface area (Å²) in [4.78, 5) is 4.44. The summed E-state index contributed by atoms with van der Waals surface area (Å²) in [6.45, 7) is 0. The molecule has 1 aromatic rings. The molecule has 16 heavy (non-hydrogen) atoms. The number of nitrogens with two attached hydrogens (primary N) is 1. The Kier molecular flexibility index (Phi) is 3.44. The Morgan fingerprint density at radius 1 is 1.25 bits per heavy atom. The summed E-state index contributed by atoms with van der Waals surface area (Å²) >= 11 is 0. The van der Waals surface area contributed by atoms with Gasteiger partial charge in [-0.1, -0.05) is 25.7 Å². The topological polar surface area (TPSA) is 48.1 Å². The van der Waals surface area contributed by atoms with Crippen LogP contribution in [0.2, 0.25) is 0 Å². The summed E-state index contributed by atoms with van der Waals surface area (Å²) < 4.78 is 5.36. The van der Waals surface area contributed by atoms with Gasteiger partial charge in [0.2, 0.25) is 0 Å². The van der Waals surface area contributed by atoms with E-state index in [4.69, 9.17) is 10.5 Å². The van der Waals surface area contributed by atoms with Crippen molar-refractivity contribution in [1.29, 1.82) is 0 Å². The minimum absolute atomic E-state index is 0.289. The van der Waals surface area contributed by atoms with Gasteiger partial charge in [-0.25, -0.2) is 0 Å². The predicted octanol–water partition coefficient (Wildman–Crippen LogP) is 2.60. The van der Waals surface area contributed by atoms with Crippen molar-refractivity contribution in [2.45, 2.75) is 44.1 Å². The first-order valence-corrected chi connectivity index (χ1v) is 6.05. The maximum absolute atomic E-state index is 6.51. The molecular weight excluding hydrogens is 200 g/mol. The Morgan fingerprint density at radius 2 is 1.94 bits per heavy atom. The molecule has 0 aliphatic heterocycles. The molecule has 3 nitrogen and oxygen atoms in total. The summed E-state index contributed by atoms with van der Waals surface area (Å²) in [6.07, 6.45) is 8.78. The average Bonchev–Trinajstić information content (AvgIpc) is 2.55. The van der Waals surface area contributed by atoms with E-state index in [0.717, 1.165) is 24.3 Å². The Bertz CT molecular complexity index is 344. The van der Waals surface area contributed by atoms with E-state index in [1.165, 1.54) is 25.7 Å². The maximum Gasteiger partial charge on any atom is 0.142 e. The third-order valence-corrected chi connectivity index (χ3v) is 3.46. The molecule has 0 spiro atoms. The maximum atomic E-state index is 6.51. The number of hydrogen-bond acceptors (Lipinski definition) is 3. The number of nitrogens with zero attached hydrogens (tertiary/aromatic N) is 1. The average molecular weight is 220 g/mol. The fourth-order valence-electron chi connectivity index (χ4n) is 2.53. The molecule has 2 N–H and O–H groups in total. The zero-order chi connectivity index (χ0) is 11.4. The molecule has 1 heterocycles. The first kappa shape index (κ1) is 11.4. The van der Waals surface area contributed by atoms with E-state index in [1.807, 2.05) is 12.1 Å². The van der Waals surface area contributed by atoms with E-state index in [2.05, 4.69) is 4.98 Å². The first-order valence-electron chi connectivity index (χ1n) is 6.05. The lowest BCUT2D eigenvalue weighted by atomic mass is 9.87. The standard InChI is InChI=1S/C13H20N2O/c1-16-11-7-6-10-15-12(11)13(14)8-4-2-3-5-9-13/h6-7,10H,2-5,8-9,14H2,1H3. The highest BCUT2D eigenvalue weighted by Crippen LogP contribution is 2.36. The van der Waals surface area contributed by atoms with Crippen molar-refractivity contribution in [2.75, 3.05) is 7.11 Å². The van der Waals surface area contributed by atoms with E-state index in [-0.39, 0.29) is 5.54 Å². The molecule has 1 aliphatic carbocycles. The number of rotatable bonds is 2. The SMILES string of the molecule is COc1cccnc1C1(N)CCCCCC1.